The number of halogens is 2. The molecule has 0 bridgehead atoms. The lowest BCUT2D eigenvalue weighted by atomic mass is 10.2. The number of carbonyl (C=O) groups excluding carboxylic acids is 1. The lowest BCUT2D eigenvalue weighted by Gasteiger charge is -2.06. The lowest BCUT2D eigenvalue weighted by molar-refractivity contribution is -0.124. The molecule has 1 rings (SSSR count). The number of hydrogen-bond donors (Lipinski definition) is 1. The zero-order valence-electron chi connectivity index (χ0n) is 10.0. The van der Waals surface area contributed by atoms with E-state index in [-0.39, 0.29) is 12.5 Å². The van der Waals surface area contributed by atoms with Crippen molar-refractivity contribution in [2.24, 2.45) is 0 Å². The van der Waals surface area contributed by atoms with Gasteiger partial charge in [-0.25, -0.2) is 0 Å². The van der Waals surface area contributed by atoms with Gasteiger partial charge in [0.25, 0.3) is 0 Å². The minimum Gasteiger partial charge on any atom is -0.375 e. The summed E-state index contributed by atoms with van der Waals surface area (Å²) in [6, 6.07) is 5.48. The number of methoxy groups -OCH3 is 1. The van der Waals surface area contributed by atoms with E-state index in [2.05, 4.69) is 5.32 Å². The first-order valence-electron chi connectivity index (χ1n) is 5.41. The molecule has 0 aliphatic heterocycles. The first kappa shape index (κ1) is 15.6. The molecule has 3 nitrogen and oxygen atoms in total. The summed E-state index contributed by atoms with van der Waals surface area (Å²) in [5.74, 6) is 1.53. The summed E-state index contributed by atoms with van der Waals surface area (Å²) >= 11 is 13.6. The van der Waals surface area contributed by atoms with E-state index >= 15 is 0 Å². The van der Waals surface area contributed by atoms with E-state index in [9.17, 15) is 4.79 Å². The van der Waals surface area contributed by atoms with Crippen molar-refractivity contribution in [3.63, 3.8) is 0 Å². The van der Waals surface area contributed by atoms with Gasteiger partial charge in [-0.05, 0) is 17.7 Å². The zero-order valence-corrected chi connectivity index (χ0v) is 12.4. The standard InChI is InChI=1S/C12H15Cl2NO2S/c1-17-7-12(16)15-4-5-18-8-9-2-3-10(13)6-11(9)14/h2-3,6H,4-5,7-8H2,1H3,(H,15,16). The molecule has 1 amide bonds. The van der Waals surface area contributed by atoms with Gasteiger partial charge in [0, 0.05) is 35.2 Å². The molecule has 1 aromatic carbocycles. The van der Waals surface area contributed by atoms with Gasteiger partial charge in [0.15, 0.2) is 0 Å². The fourth-order valence-corrected chi connectivity index (χ4v) is 2.68. The first-order chi connectivity index (χ1) is 8.63. The Morgan fingerprint density at radius 2 is 2.22 bits per heavy atom. The minimum atomic E-state index is -0.0948. The summed E-state index contributed by atoms with van der Waals surface area (Å²) in [7, 11) is 1.50. The SMILES string of the molecule is COCC(=O)NCCSCc1ccc(Cl)cc1Cl. The number of hydrogen-bond acceptors (Lipinski definition) is 3. The molecule has 0 unspecified atom stereocenters. The highest BCUT2D eigenvalue weighted by molar-refractivity contribution is 7.98. The van der Waals surface area contributed by atoms with Gasteiger partial charge in [-0.1, -0.05) is 29.3 Å². The number of rotatable bonds is 7. The highest BCUT2D eigenvalue weighted by Crippen LogP contribution is 2.24. The van der Waals surface area contributed by atoms with E-state index in [1.54, 1.807) is 17.8 Å². The third-order valence-corrected chi connectivity index (χ3v) is 3.71. The van der Waals surface area contributed by atoms with Crippen molar-refractivity contribution in [3.05, 3.63) is 33.8 Å². The van der Waals surface area contributed by atoms with E-state index < -0.39 is 0 Å². The molecule has 6 heteroatoms. The van der Waals surface area contributed by atoms with Gasteiger partial charge < -0.3 is 10.1 Å². The number of ether oxygens (including phenoxy) is 1. The molecular weight excluding hydrogens is 293 g/mol. The summed E-state index contributed by atoms with van der Waals surface area (Å²) < 4.78 is 4.71. The molecule has 0 aliphatic rings. The number of thioether (sulfide) groups is 1. The summed E-state index contributed by atoms with van der Waals surface area (Å²) in [6.45, 7) is 0.728. The molecule has 0 aromatic heterocycles. The second-order valence-electron chi connectivity index (χ2n) is 3.57. The Hall–Kier alpha value is -0.420. The molecule has 0 radical (unpaired) electrons. The summed E-state index contributed by atoms with van der Waals surface area (Å²) in [5.41, 5.74) is 1.05. The van der Waals surface area contributed by atoms with E-state index in [4.69, 9.17) is 27.9 Å². The fraction of sp³-hybridized carbons (Fsp3) is 0.417. The van der Waals surface area contributed by atoms with Crippen molar-refractivity contribution in [1.29, 1.82) is 0 Å². The van der Waals surface area contributed by atoms with Crippen LogP contribution in [0, 0.1) is 0 Å². The first-order valence-corrected chi connectivity index (χ1v) is 7.32. The van der Waals surface area contributed by atoms with Gasteiger partial charge >= 0.3 is 0 Å². The summed E-state index contributed by atoms with van der Waals surface area (Å²) in [6.07, 6.45) is 0. The van der Waals surface area contributed by atoms with Crippen LogP contribution < -0.4 is 5.32 Å². The van der Waals surface area contributed by atoms with Gasteiger partial charge in [0.1, 0.15) is 6.61 Å². The van der Waals surface area contributed by atoms with Crippen LogP contribution in [0.5, 0.6) is 0 Å². The van der Waals surface area contributed by atoms with Crippen LogP contribution in [-0.4, -0.2) is 31.9 Å². The van der Waals surface area contributed by atoms with Gasteiger partial charge in [-0.3, -0.25) is 4.79 Å². The lowest BCUT2D eigenvalue weighted by Crippen LogP contribution is -2.29. The van der Waals surface area contributed by atoms with E-state index in [1.165, 1.54) is 7.11 Å². The Morgan fingerprint density at radius 1 is 1.44 bits per heavy atom. The Bertz CT molecular complexity index is 402. The molecule has 0 spiro atoms. The largest absolute Gasteiger partial charge is 0.375 e. The number of carbonyl (C=O) groups is 1. The molecule has 0 saturated carbocycles. The van der Waals surface area contributed by atoms with Crippen LogP contribution in [0.3, 0.4) is 0 Å². The van der Waals surface area contributed by atoms with Crippen LogP contribution in [-0.2, 0) is 15.3 Å². The number of amides is 1. The van der Waals surface area contributed by atoms with Crippen LogP contribution in [0.15, 0.2) is 18.2 Å². The zero-order chi connectivity index (χ0) is 13.4. The quantitative estimate of drug-likeness (QED) is 0.787. The van der Waals surface area contributed by atoms with Gasteiger partial charge in [0.2, 0.25) is 5.91 Å². The van der Waals surface area contributed by atoms with Crippen LogP contribution >= 0.6 is 35.0 Å². The highest BCUT2D eigenvalue weighted by Gasteiger charge is 2.02. The third kappa shape index (κ3) is 5.96. The maximum absolute atomic E-state index is 11.1. The van der Waals surface area contributed by atoms with Gasteiger partial charge in [0.05, 0.1) is 0 Å². The van der Waals surface area contributed by atoms with Crippen LogP contribution in [0.2, 0.25) is 10.0 Å². The molecule has 18 heavy (non-hydrogen) atoms. The monoisotopic (exact) mass is 307 g/mol. The van der Waals surface area contributed by atoms with Crippen LogP contribution in [0.4, 0.5) is 0 Å². The van der Waals surface area contributed by atoms with Crippen LogP contribution in [0.1, 0.15) is 5.56 Å². The van der Waals surface area contributed by atoms with E-state index in [0.717, 1.165) is 17.1 Å². The van der Waals surface area contributed by atoms with E-state index in [0.29, 0.717) is 16.6 Å². The molecular formula is C12H15Cl2NO2S. The second kappa shape index (κ2) is 8.64. The fourth-order valence-electron chi connectivity index (χ4n) is 1.27. The molecule has 0 aliphatic carbocycles. The molecule has 0 heterocycles. The summed E-state index contributed by atoms with van der Waals surface area (Å²) in [4.78, 5) is 11.1. The Labute approximate surface area is 121 Å². The normalized spacial score (nSPS) is 10.4. The van der Waals surface area contributed by atoms with Gasteiger partial charge in [-0.2, -0.15) is 11.8 Å². The number of nitrogens with one attached hydrogen (secondary N) is 1. The molecule has 1 aromatic rings. The predicted molar refractivity (Wildman–Crippen MR) is 77.5 cm³/mol. The Balaban J connectivity index is 2.20. The molecule has 0 fully saturated rings. The Morgan fingerprint density at radius 3 is 2.89 bits per heavy atom. The molecule has 0 atom stereocenters. The van der Waals surface area contributed by atoms with Crippen LogP contribution in [0.25, 0.3) is 0 Å². The predicted octanol–water partition coefficient (Wildman–Crippen LogP) is 2.99. The van der Waals surface area contributed by atoms with Gasteiger partial charge in [-0.15, -0.1) is 0 Å². The van der Waals surface area contributed by atoms with Crippen molar-refractivity contribution >= 4 is 40.9 Å². The third-order valence-electron chi connectivity index (χ3n) is 2.12. The minimum absolute atomic E-state index is 0.0948. The average Bonchev–Trinajstić information content (AvgIpc) is 2.31. The number of benzene rings is 1. The van der Waals surface area contributed by atoms with Crippen molar-refractivity contribution in [2.75, 3.05) is 26.0 Å². The maximum Gasteiger partial charge on any atom is 0.246 e. The average molecular weight is 308 g/mol. The van der Waals surface area contributed by atoms with E-state index in [1.807, 2.05) is 12.1 Å². The maximum atomic E-state index is 11.1. The molecule has 100 valence electrons. The van der Waals surface area contributed by atoms with Crippen molar-refractivity contribution in [2.45, 2.75) is 5.75 Å². The van der Waals surface area contributed by atoms with Crippen molar-refractivity contribution in [3.8, 4) is 0 Å². The smallest absolute Gasteiger partial charge is 0.246 e. The second-order valence-corrected chi connectivity index (χ2v) is 5.52. The summed E-state index contributed by atoms with van der Waals surface area (Å²) in [5, 5.41) is 4.07. The molecule has 0 saturated heterocycles. The van der Waals surface area contributed by atoms with Crippen molar-refractivity contribution in [1.82, 2.24) is 5.32 Å². The Kier molecular flexibility index (Phi) is 7.51. The highest BCUT2D eigenvalue weighted by atomic mass is 35.5. The topological polar surface area (TPSA) is 38.3 Å². The molecule has 1 N–H and O–H groups in total. The van der Waals surface area contributed by atoms with Crippen molar-refractivity contribution < 1.29 is 9.53 Å².